The molecule has 6 heteroatoms. The van der Waals surface area contributed by atoms with E-state index in [4.69, 9.17) is 15.7 Å². The molecule has 0 atom stereocenters. The van der Waals surface area contributed by atoms with Crippen molar-refractivity contribution in [2.75, 3.05) is 12.8 Å². The van der Waals surface area contributed by atoms with Crippen LogP contribution in [-0.2, 0) is 11.3 Å². The highest BCUT2D eigenvalue weighted by atomic mass is 16.5. The average molecular weight is 283 g/mol. The molecule has 1 aromatic carbocycles. The number of nitrogens with two attached hydrogens (primary N) is 1. The number of nitrogen functional groups attached to an aromatic ring is 1. The molecule has 1 aromatic heterocycles. The zero-order valence-electron chi connectivity index (χ0n) is 11.4. The highest BCUT2D eigenvalue weighted by Gasteiger charge is 2.10. The quantitative estimate of drug-likeness (QED) is 0.679. The number of hydrogen-bond donors (Lipinski definition) is 1. The summed E-state index contributed by atoms with van der Waals surface area (Å²) < 4.78 is 10.2. The zero-order chi connectivity index (χ0) is 15.2. The predicted octanol–water partition coefficient (Wildman–Crippen LogP) is 1.90. The molecule has 0 bridgehead atoms. The van der Waals surface area contributed by atoms with Gasteiger partial charge in [0.15, 0.2) is 0 Å². The largest absolute Gasteiger partial charge is 0.487 e. The number of carbonyl (C=O) groups is 1. The van der Waals surface area contributed by atoms with Crippen LogP contribution in [0.4, 0.5) is 5.69 Å². The van der Waals surface area contributed by atoms with Crippen molar-refractivity contribution in [1.29, 1.82) is 5.26 Å². The normalized spacial score (nSPS) is 9.71. The van der Waals surface area contributed by atoms with Crippen LogP contribution >= 0.6 is 0 Å². The molecule has 1 heterocycles. The van der Waals surface area contributed by atoms with Gasteiger partial charge >= 0.3 is 5.97 Å². The molecular weight excluding hydrogens is 270 g/mol. The number of nitriles is 1. The molecule has 0 amide bonds. The van der Waals surface area contributed by atoms with Crippen LogP contribution in [0.1, 0.15) is 21.6 Å². The van der Waals surface area contributed by atoms with E-state index in [1.807, 2.05) is 6.07 Å². The number of pyridine rings is 1. The van der Waals surface area contributed by atoms with Gasteiger partial charge in [-0.05, 0) is 24.3 Å². The Bertz CT molecular complexity index is 708. The van der Waals surface area contributed by atoms with Gasteiger partial charge in [-0.2, -0.15) is 5.26 Å². The van der Waals surface area contributed by atoms with Crippen molar-refractivity contribution >= 4 is 11.7 Å². The number of benzene rings is 1. The lowest BCUT2D eigenvalue weighted by atomic mass is 10.2. The summed E-state index contributed by atoms with van der Waals surface area (Å²) in [6.45, 7) is 0.131. The van der Waals surface area contributed by atoms with Crippen molar-refractivity contribution < 1.29 is 14.3 Å². The summed E-state index contributed by atoms with van der Waals surface area (Å²) in [5, 5.41) is 8.97. The number of anilines is 1. The fourth-order valence-electron chi connectivity index (χ4n) is 1.72. The number of ether oxygens (including phenoxy) is 2. The molecule has 0 aliphatic heterocycles. The van der Waals surface area contributed by atoms with Gasteiger partial charge in [-0.1, -0.05) is 6.07 Å². The summed E-state index contributed by atoms with van der Waals surface area (Å²) in [6.07, 6.45) is 1.54. The third-order valence-electron chi connectivity index (χ3n) is 2.82. The molecule has 0 saturated heterocycles. The smallest absolute Gasteiger partial charge is 0.337 e. The number of carbonyl (C=O) groups excluding carboxylic acids is 1. The summed E-state index contributed by atoms with van der Waals surface area (Å²) in [6, 6.07) is 10.1. The van der Waals surface area contributed by atoms with Crippen LogP contribution in [0.2, 0.25) is 0 Å². The van der Waals surface area contributed by atoms with Crippen molar-refractivity contribution in [2.45, 2.75) is 6.61 Å². The minimum atomic E-state index is -0.473. The van der Waals surface area contributed by atoms with E-state index in [1.54, 1.807) is 24.3 Å². The molecule has 0 fully saturated rings. The molecule has 2 rings (SSSR count). The van der Waals surface area contributed by atoms with Crippen LogP contribution in [0.15, 0.2) is 36.5 Å². The number of nitrogens with zero attached hydrogens (tertiary/aromatic N) is 2. The molecule has 2 aromatic rings. The third-order valence-corrected chi connectivity index (χ3v) is 2.82. The molecule has 0 saturated carbocycles. The number of hydrogen-bond acceptors (Lipinski definition) is 6. The Morgan fingerprint density at radius 3 is 2.95 bits per heavy atom. The first kappa shape index (κ1) is 14.3. The molecule has 0 spiro atoms. The number of rotatable bonds is 4. The molecule has 0 aliphatic rings. The Morgan fingerprint density at radius 2 is 2.24 bits per heavy atom. The maximum Gasteiger partial charge on any atom is 0.337 e. The molecule has 0 unspecified atom stereocenters. The molecule has 21 heavy (non-hydrogen) atoms. The van der Waals surface area contributed by atoms with E-state index in [2.05, 4.69) is 9.72 Å². The van der Waals surface area contributed by atoms with E-state index in [0.717, 1.165) is 0 Å². The lowest BCUT2D eigenvalue weighted by Crippen LogP contribution is -2.05. The lowest BCUT2D eigenvalue weighted by molar-refractivity contribution is 0.0600. The summed E-state index contributed by atoms with van der Waals surface area (Å²) in [5.74, 6) is -0.121. The first-order valence-corrected chi connectivity index (χ1v) is 6.10. The van der Waals surface area contributed by atoms with Crippen LogP contribution < -0.4 is 10.5 Å². The van der Waals surface area contributed by atoms with Gasteiger partial charge in [0.2, 0.25) is 0 Å². The van der Waals surface area contributed by atoms with Gasteiger partial charge in [0.1, 0.15) is 24.1 Å². The third kappa shape index (κ3) is 3.28. The Kier molecular flexibility index (Phi) is 4.36. The molecule has 6 nitrogen and oxygen atoms in total. The predicted molar refractivity (Wildman–Crippen MR) is 75.5 cm³/mol. The monoisotopic (exact) mass is 283 g/mol. The zero-order valence-corrected chi connectivity index (χ0v) is 11.4. The van der Waals surface area contributed by atoms with Crippen molar-refractivity contribution in [2.24, 2.45) is 0 Å². The van der Waals surface area contributed by atoms with E-state index in [9.17, 15) is 4.79 Å². The van der Waals surface area contributed by atoms with Crippen molar-refractivity contribution in [3.05, 3.63) is 53.3 Å². The van der Waals surface area contributed by atoms with Crippen LogP contribution in [0, 0.1) is 11.3 Å². The minimum absolute atomic E-state index is 0.131. The molecule has 0 aliphatic carbocycles. The highest BCUT2D eigenvalue weighted by molar-refractivity contribution is 5.90. The second-order valence-corrected chi connectivity index (χ2v) is 4.16. The molecule has 106 valence electrons. The van der Waals surface area contributed by atoms with Gasteiger partial charge < -0.3 is 15.2 Å². The van der Waals surface area contributed by atoms with Gasteiger partial charge in [-0.15, -0.1) is 0 Å². The van der Waals surface area contributed by atoms with Crippen LogP contribution in [0.5, 0.6) is 5.75 Å². The summed E-state index contributed by atoms with van der Waals surface area (Å²) in [7, 11) is 1.30. The molecule has 2 N–H and O–H groups in total. The minimum Gasteiger partial charge on any atom is -0.487 e. The Morgan fingerprint density at radius 1 is 1.43 bits per heavy atom. The van der Waals surface area contributed by atoms with E-state index in [0.29, 0.717) is 28.3 Å². The van der Waals surface area contributed by atoms with E-state index >= 15 is 0 Å². The van der Waals surface area contributed by atoms with Crippen LogP contribution in [0.3, 0.4) is 0 Å². The SMILES string of the molecule is COC(=O)c1ccc(N)c(OCc2cccnc2C#N)c1. The van der Waals surface area contributed by atoms with Gasteiger partial charge in [-0.3, -0.25) is 0 Å². The first-order chi connectivity index (χ1) is 10.2. The second-order valence-electron chi connectivity index (χ2n) is 4.16. The van der Waals surface area contributed by atoms with E-state index < -0.39 is 5.97 Å². The molecular formula is C15H13N3O3. The first-order valence-electron chi connectivity index (χ1n) is 6.10. The Labute approximate surface area is 121 Å². The topological polar surface area (TPSA) is 98.2 Å². The van der Waals surface area contributed by atoms with Crippen molar-refractivity contribution in [1.82, 2.24) is 4.98 Å². The summed E-state index contributed by atoms with van der Waals surface area (Å²) in [5.41, 5.74) is 7.48. The fraction of sp³-hybridized carbons (Fsp3) is 0.133. The van der Waals surface area contributed by atoms with Gasteiger partial charge in [-0.25, -0.2) is 9.78 Å². The number of methoxy groups -OCH3 is 1. The fourth-order valence-corrected chi connectivity index (χ4v) is 1.72. The molecule has 0 radical (unpaired) electrons. The average Bonchev–Trinajstić information content (AvgIpc) is 2.53. The standard InChI is InChI=1S/C15H13N3O3/c1-20-15(19)10-4-5-12(17)14(7-10)21-9-11-3-2-6-18-13(11)8-16/h2-7H,9,17H2,1H3. The van der Waals surface area contributed by atoms with Gasteiger partial charge in [0.25, 0.3) is 0 Å². The number of aromatic nitrogens is 1. The second kappa shape index (κ2) is 6.39. The summed E-state index contributed by atoms with van der Waals surface area (Å²) >= 11 is 0. The van der Waals surface area contributed by atoms with Gasteiger partial charge in [0, 0.05) is 11.8 Å². The number of esters is 1. The lowest BCUT2D eigenvalue weighted by Gasteiger charge is -2.10. The van der Waals surface area contributed by atoms with Gasteiger partial charge in [0.05, 0.1) is 18.4 Å². The van der Waals surface area contributed by atoms with Crippen molar-refractivity contribution in [3.8, 4) is 11.8 Å². The Hall–Kier alpha value is -3.07. The van der Waals surface area contributed by atoms with E-state index in [1.165, 1.54) is 19.4 Å². The summed E-state index contributed by atoms with van der Waals surface area (Å²) in [4.78, 5) is 15.4. The van der Waals surface area contributed by atoms with Crippen LogP contribution in [-0.4, -0.2) is 18.1 Å². The van der Waals surface area contributed by atoms with Crippen molar-refractivity contribution in [3.63, 3.8) is 0 Å². The maximum atomic E-state index is 11.5. The Balaban J connectivity index is 2.20. The highest BCUT2D eigenvalue weighted by Crippen LogP contribution is 2.24. The maximum absolute atomic E-state index is 11.5. The van der Waals surface area contributed by atoms with E-state index in [-0.39, 0.29) is 6.61 Å². The van der Waals surface area contributed by atoms with Crippen LogP contribution in [0.25, 0.3) is 0 Å².